The molecule has 0 aromatic carbocycles. The number of hydrogen-bond acceptors (Lipinski definition) is 7. The fourth-order valence-electron chi connectivity index (χ4n) is 3.36. The van der Waals surface area contributed by atoms with Gasteiger partial charge in [0.25, 0.3) is 0 Å². The summed E-state index contributed by atoms with van der Waals surface area (Å²) in [5.41, 5.74) is 0.840. The Hall–Kier alpha value is -2.84. The van der Waals surface area contributed by atoms with Gasteiger partial charge >= 0.3 is 0 Å². The molecule has 0 amide bonds. The highest BCUT2D eigenvalue weighted by Gasteiger charge is 2.32. The molecule has 0 aliphatic carbocycles. The first-order valence-corrected chi connectivity index (χ1v) is 10.4. The fourth-order valence-corrected chi connectivity index (χ4v) is 4.08. The Morgan fingerprint density at radius 3 is 2.59 bits per heavy atom. The standard InChI is InChI=1S/C21H24N6OS/c1-21(2,3)27-20(23-24-25-27)19(16-8-10-22-11-9-16)26(14-17-6-4-12-28-17)15-18-7-5-13-29-18/h4-13,19H,14-15H2,1-3H3/t19-/m0/s1. The Kier molecular flexibility index (Phi) is 5.55. The molecule has 8 heteroatoms. The van der Waals surface area contributed by atoms with Crippen LogP contribution in [0.25, 0.3) is 0 Å². The van der Waals surface area contributed by atoms with Crippen LogP contribution in [0.2, 0.25) is 0 Å². The van der Waals surface area contributed by atoms with Crippen LogP contribution in [-0.4, -0.2) is 30.1 Å². The third-order valence-corrected chi connectivity index (χ3v) is 5.50. The number of rotatable bonds is 7. The maximum atomic E-state index is 5.68. The van der Waals surface area contributed by atoms with Crippen LogP contribution in [0, 0.1) is 0 Å². The monoisotopic (exact) mass is 408 g/mol. The fraction of sp³-hybridized carbons (Fsp3) is 0.333. The van der Waals surface area contributed by atoms with Crippen molar-refractivity contribution >= 4 is 11.3 Å². The number of hydrogen-bond donors (Lipinski definition) is 0. The molecule has 150 valence electrons. The average Bonchev–Trinajstić information content (AvgIpc) is 3.45. The van der Waals surface area contributed by atoms with Gasteiger partial charge in [0.05, 0.1) is 24.4 Å². The average molecular weight is 409 g/mol. The molecule has 4 rings (SSSR count). The van der Waals surface area contributed by atoms with Crippen molar-refractivity contribution in [3.63, 3.8) is 0 Å². The minimum absolute atomic E-state index is 0.153. The smallest absolute Gasteiger partial charge is 0.173 e. The van der Waals surface area contributed by atoms with Crippen molar-refractivity contribution < 1.29 is 4.42 Å². The Balaban J connectivity index is 1.81. The molecule has 0 aliphatic rings. The van der Waals surface area contributed by atoms with Crippen molar-refractivity contribution in [2.75, 3.05) is 0 Å². The van der Waals surface area contributed by atoms with Crippen LogP contribution in [0.4, 0.5) is 0 Å². The highest BCUT2D eigenvalue weighted by atomic mass is 32.1. The summed E-state index contributed by atoms with van der Waals surface area (Å²) in [7, 11) is 0. The molecule has 0 bridgehead atoms. The third kappa shape index (κ3) is 4.44. The van der Waals surface area contributed by atoms with Gasteiger partial charge in [0.15, 0.2) is 5.82 Å². The van der Waals surface area contributed by atoms with Crippen LogP contribution >= 0.6 is 11.3 Å². The second-order valence-electron chi connectivity index (χ2n) is 7.87. The van der Waals surface area contributed by atoms with E-state index in [4.69, 9.17) is 4.42 Å². The maximum Gasteiger partial charge on any atom is 0.173 e. The van der Waals surface area contributed by atoms with Gasteiger partial charge in [-0.25, -0.2) is 4.68 Å². The molecular weight excluding hydrogens is 384 g/mol. The summed E-state index contributed by atoms with van der Waals surface area (Å²) in [5.74, 6) is 1.70. The van der Waals surface area contributed by atoms with Crippen LogP contribution in [0.1, 0.15) is 48.8 Å². The minimum Gasteiger partial charge on any atom is -0.468 e. The second-order valence-corrected chi connectivity index (χ2v) is 8.90. The molecule has 7 nitrogen and oxygen atoms in total. The van der Waals surface area contributed by atoms with Crippen molar-refractivity contribution in [1.82, 2.24) is 30.1 Å². The molecule has 4 heterocycles. The van der Waals surface area contributed by atoms with E-state index >= 15 is 0 Å². The van der Waals surface area contributed by atoms with E-state index < -0.39 is 0 Å². The first kappa shape index (κ1) is 19.5. The highest BCUT2D eigenvalue weighted by Crippen LogP contribution is 2.32. The Labute approximate surface area is 174 Å². The van der Waals surface area contributed by atoms with Gasteiger partial charge in [0, 0.05) is 23.8 Å². The maximum absolute atomic E-state index is 5.68. The number of aromatic nitrogens is 5. The second kappa shape index (κ2) is 8.26. The summed E-state index contributed by atoms with van der Waals surface area (Å²) in [6.07, 6.45) is 5.33. The van der Waals surface area contributed by atoms with Crippen molar-refractivity contribution in [2.24, 2.45) is 0 Å². The molecule has 4 aromatic heterocycles. The molecule has 0 aliphatic heterocycles. The number of furan rings is 1. The number of pyridine rings is 1. The van der Waals surface area contributed by atoms with Crippen LogP contribution < -0.4 is 0 Å². The van der Waals surface area contributed by atoms with E-state index in [2.05, 4.69) is 63.7 Å². The van der Waals surface area contributed by atoms with Gasteiger partial charge in [-0.1, -0.05) is 6.07 Å². The van der Waals surface area contributed by atoms with Crippen molar-refractivity contribution in [1.29, 1.82) is 0 Å². The van der Waals surface area contributed by atoms with E-state index in [1.165, 1.54) is 4.88 Å². The lowest BCUT2D eigenvalue weighted by Crippen LogP contribution is -2.34. The van der Waals surface area contributed by atoms with Crippen LogP contribution in [0.15, 0.2) is 64.9 Å². The molecule has 4 aromatic rings. The van der Waals surface area contributed by atoms with Crippen molar-refractivity contribution in [2.45, 2.75) is 45.4 Å². The van der Waals surface area contributed by atoms with Crippen molar-refractivity contribution in [3.8, 4) is 0 Å². The quantitative estimate of drug-likeness (QED) is 0.455. The van der Waals surface area contributed by atoms with E-state index in [1.807, 2.05) is 41.3 Å². The molecule has 0 spiro atoms. The lowest BCUT2D eigenvalue weighted by molar-refractivity contribution is 0.174. The summed E-state index contributed by atoms with van der Waals surface area (Å²) in [6, 6.07) is 12.0. The Morgan fingerprint density at radius 1 is 1.10 bits per heavy atom. The summed E-state index contributed by atoms with van der Waals surface area (Å²) < 4.78 is 7.58. The largest absolute Gasteiger partial charge is 0.468 e. The minimum atomic E-state index is -0.247. The summed E-state index contributed by atoms with van der Waals surface area (Å²) in [5, 5.41) is 14.9. The van der Waals surface area contributed by atoms with E-state index in [1.54, 1.807) is 17.6 Å². The molecule has 0 N–H and O–H groups in total. The van der Waals surface area contributed by atoms with Gasteiger partial charge in [0.2, 0.25) is 0 Å². The summed E-state index contributed by atoms with van der Waals surface area (Å²) in [4.78, 5) is 7.81. The van der Waals surface area contributed by atoms with Crippen LogP contribution in [0.3, 0.4) is 0 Å². The number of nitrogens with zero attached hydrogens (tertiary/aromatic N) is 6. The summed E-state index contributed by atoms with van der Waals surface area (Å²) in [6.45, 7) is 7.70. The van der Waals surface area contributed by atoms with Crippen LogP contribution in [0.5, 0.6) is 0 Å². The van der Waals surface area contributed by atoms with Gasteiger partial charge in [-0.05, 0) is 72.5 Å². The Bertz CT molecular complexity index is 969. The molecule has 1 atom stereocenters. The summed E-state index contributed by atoms with van der Waals surface area (Å²) >= 11 is 1.74. The van der Waals surface area contributed by atoms with Crippen LogP contribution in [-0.2, 0) is 18.6 Å². The van der Waals surface area contributed by atoms with Gasteiger partial charge in [-0.15, -0.1) is 16.4 Å². The molecule has 0 saturated heterocycles. The van der Waals surface area contributed by atoms with Gasteiger partial charge in [0.1, 0.15) is 5.76 Å². The molecule has 0 saturated carbocycles. The lowest BCUT2D eigenvalue weighted by Gasteiger charge is -2.32. The highest BCUT2D eigenvalue weighted by molar-refractivity contribution is 7.09. The number of tetrazole rings is 1. The van der Waals surface area contributed by atoms with E-state index in [0.717, 1.165) is 23.7 Å². The zero-order chi connectivity index (χ0) is 20.3. The molecule has 0 unspecified atom stereocenters. The first-order chi connectivity index (χ1) is 14.0. The molecule has 0 fully saturated rings. The zero-order valence-corrected chi connectivity index (χ0v) is 17.6. The van der Waals surface area contributed by atoms with Crippen molar-refractivity contribution in [3.05, 3.63) is 82.5 Å². The topological polar surface area (TPSA) is 72.9 Å². The molecular formula is C21H24N6OS. The first-order valence-electron chi connectivity index (χ1n) is 9.50. The normalized spacial score (nSPS) is 13.1. The number of thiophene rings is 1. The third-order valence-electron chi connectivity index (χ3n) is 4.64. The SMILES string of the molecule is CC(C)(C)n1nnnc1[C@H](c1ccncc1)N(Cc1ccco1)Cc1cccs1. The molecule has 29 heavy (non-hydrogen) atoms. The van der Waals surface area contributed by atoms with E-state index in [9.17, 15) is 0 Å². The predicted octanol–water partition coefficient (Wildman–Crippen LogP) is 4.27. The Morgan fingerprint density at radius 2 is 1.93 bits per heavy atom. The lowest BCUT2D eigenvalue weighted by atomic mass is 10.0. The van der Waals surface area contributed by atoms with E-state index in [0.29, 0.717) is 6.54 Å². The van der Waals surface area contributed by atoms with Gasteiger partial charge in [-0.2, -0.15) is 0 Å². The van der Waals surface area contributed by atoms with E-state index in [-0.39, 0.29) is 11.6 Å². The van der Waals surface area contributed by atoms with Gasteiger partial charge < -0.3 is 4.42 Å². The van der Waals surface area contributed by atoms with Gasteiger partial charge in [-0.3, -0.25) is 9.88 Å². The predicted molar refractivity (Wildman–Crippen MR) is 111 cm³/mol. The zero-order valence-electron chi connectivity index (χ0n) is 16.8. The molecule has 0 radical (unpaired) electrons.